The Kier molecular flexibility index (Phi) is 5.21. The van der Waals surface area contributed by atoms with Crippen LogP contribution in [0.2, 0.25) is 0 Å². The van der Waals surface area contributed by atoms with Crippen LogP contribution in [0.3, 0.4) is 0 Å². The molecule has 0 aliphatic carbocycles. The van der Waals surface area contributed by atoms with Crippen molar-refractivity contribution in [2.24, 2.45) is 0 Å². The summed E-state index contributed by atoms with van der Waals surface area (Å²) in [6.07, 6.45) is 1.62. The van der Waals surface area contributed by atoms with Gasteiger partial charge in [-0.1, -0.05) is 18.2 Å². The van der Waals surface area contributed by atoms with Crippen molar-refractivity contribution in [2.75, 3.05) is 19.5 Å². The third kappa shape index (κ3) is 3.50. The highest BCUT2D eigenvalue weighted by atomic mass is 16.5. The maximum absolute atomic E-state index is 13.2. The van der Waals surface area contributed by atoms with Crippen LogP contribution in [0.5, 0.6) is 11.5 Å². The molecule has 0 fully saturated rings. The Labute approximate surface area is 172 Å². The largest absolute Gasteiger partial charge is 0.497 e. The maximum Gasteiger partial charge on any atom is 0.335 e. The van der Waals surface area contributed by atoms with E-state index >= 15 is 0 Å². The second kappa shape index (κ2) is 8.12. The van der Waals surface area contributed by atoms with Gasteiger partial charge in [-0.3, -0.25) is 9.36 Å². The molecule has 0 unspecified atom stereocenters. The predicted octanol–water partition coefficient (Wildman–Crippen LogP) is 2.84. The molecule has 0 radical (unpaired) electrons. The van der Waals surface area contributed by atoms with Crippen molar-refractivity contribution in [1.29, 1.82) is 0 Å². The minimum atomic E-state index is -0.375. The van der Waals surface area contributed by atoms with Gasteiger partial charge in [-0.2, -0.15) is 0 Å². The lowest BCUT2D eigenvalue weighted by molar-refractivity contribution is -0.116. The Balaban J connectivity index is 1.71. The van der Waals surface area contributed by atoms with E-state index in [1.165, 1.54) is 16.2 Å². The van der Waals surface area contributed by atoms with E-state index in [-0.39, 0.29) is 18.1 Å². The first-order chi connectivity index (χ1) is 14.6. The van der Waals surface area contributed by atoms with Gasteiger partial charge in [0, 0.05) is 12.3 Å². The summed E-state index contributed by atoms with van der Waals surface area (Å²) in [5.74, 6) is 0.692. The number of nitrogens with zero attached hydrogens (tertiary/aromatic N) is 3. The van der Waals surface area contributed by atoms with Gasteiger partial charge in [0.05, 0.1) is 31.1 Å². The van der Waals surface area contributed by atoms with E-state index in [1.807, 2.05) is 30.3 Å². The topological polar surface area (TPSA) is 87.4 Å². The first-order valence-corrected chi connectivity index (χ1v) is 9.26. The fraction of sp³-hybridized carbons (Fsp3) is 0.136. The first kappa shape index (κ1) is 19.3. The quantitative estimate of drug-likeness (QED) is 0.534. The Bertz CT molecular complexity index is 1260. The summed E-state index contributed by atoms with van der Waals surface area (Å²) in [5, 5.41) is 2.79. The molecule has 2 aromatic heterocycles. The third-order valence-electron chi connectivity index (χ3n) is 4.69. The lowest BCUT2D eigenvalue weighted by atomic mass is 10.2. The zero-order chi connectivity index (χ0) is 21.1. The summed E-state index contributed by atoms with van der Waals surface area (Å²) in [6, 6.07) is 17.8. The van der Waals surface area contributed by atoms with Crippen molar-refractivity contribution >= 4 is 22.8 Å². The van der Waals surface area contributed by atoms with Crippen molar-refractivity contribution in [1.82, 2.24) is 14.1 Å². The number of hydrogen-bond donors (Lipinski definition) is 1. The Morgan fingerprint density at radius 3 is 2.57 bits per heavy atom. The number of carbonyl (C=O) groups is 1. The standard InChI is InChI=1S/C22H20N4O4/c1-29-16-10-11-19(30-2)17(13-16)24-20(27)14-25-18-9-6-12-23-21(18)26(22(25)28)15-7-4-3-5-8-15/h3-13H,14H2,1-2H3,(H,24,27). The van der Waals surface area contributed by atoms with Crippen LogP contribution < -0.4 is 20.5 Å². The highest BCUT2D eigenvalue weighted by Gasteiger charge is 2.18. The van der Waals surface area contributed by atoms with E-state index in [9.17, 15) is 9.59 Å². The number of anilines is 1. The van der Waals surface area contributed by atoms with Gasteiger partial charge in [-0.15, -0.1) is 0 Å². The second-order valence-corrected chi connectivity index (χ2v) is 6.50. The number of hydrogen-bond acceptors (Lipinski definition) is 5. The summed E-state index contributed by atoms with van der Waals surface area (Å²) in [6.45, 7) is -0.179. The summed E-state index contributed by atoms with van der Waals surface area (Å²) in [4.78, 5) is 30.3. The first-order valence-electron chi connectivity index (χ1n) is 9.26. The SMILES string of the molecule is COc1ccc(OC)c(NC(=O)Cn2c(=O)n(-c3ccccc3)c3ncccc32)c1. The molecule has 8 nitrogen and oxygen atoms in total. The molecule has 0 saturated heterocycles. The van der Waals surface area contributed by atoms with Gasteiger partial charge in [-0.05, 0) is 36.4 Å². The molecule has 4 aromatic rings. The molecule has 4 rings (SSSR count). The van der Waals surface area contributed by atoms with E-state index in [1.54, 1.807) is 43.6 Å². The summed E-state index contributed by atoms with van der Waals surface area (Å²) in [7, 11) is 3.06. The van der Waals surface area contributed by atoms with Crippen molar-refractivity contribution < 1.29 is 14.3 Å². The average Bonchev–Trinajstić information content (AvgIpc) is 3.05. The number of carbonyl (C=O) groups excluding carboxylic acids is 1. The molecule has 1 N–H and O–H groups in total. The van der Waals surface area contributed by atoms with Crippen molar-refractivity contribution in [2.45, 2.75) is 6.54 Å². The van der Waals surface area contributed by atoms with Gasteiger partial charge in [0.25, 0.3) is 0 Å². The number of ether oxygens (including phenoxy) is 2. The molecule has 0 spiro atoms. The fourth-order valence-corrected chi connectivity index (χ4v) is 3.29. The van der Waals surface area contributed by atoms with Crippen molar-refractivity contribution in [3.8, 4) is 17.2 Å². The number of rotatable bonds is 6. The molecule has 1 amide bonds. The molecule has 152 valence electrons. The molecule has 8 heteroatoms. The number of imidazole rings is 1. The minimum absolute atomic E-state index is 0.179. The summed E-state index contributed by atoms with van der Waals surface area (Å²) in [5.41, 5.74) is 1.85. The van der Waals surface area contributed by atoms with Gasteiger partial charge in [-0.25, -0.2) is 14.3 Å². The van der Waals surface area contributed by atoms with Crippen LogP contribution in [-0.2, 0) is 11.3 Å². The molecule has 0 aliphatic heterocycles. The van der Waals surface area contributed by atoms with E-state index in [0.717, 1.165) is 0 Å². The molecule has 0 bridgehead atoms. The van der Waals surface area contributed by atoms with Crippen LogP contribution in [0, 0.1) is 0 Å². The molecule has 2 aromatic carbocycles. The molecule has 0 saturated carbocycles. The molecule has 30 heavy (non-hydrogen) atoms. The number of methoxy groups -OCH3 is 2. The normalized spacial score (nSPS) is 10.7. The van der Waals surface area contributed by atoms with Crippen LogP contribution >= 0.6 is 0 Å². The van der Waals surface area contributed by atoms with Crippen LogP contribution in [0.15, 0.2) is 71.7 Å². The fourth-order valence-electron chi connectivity index (χ4n) is 3.29. The number of nitrogens with one attached hydrogen (secondary N) is 1. The van der Waals surface area contributed by atoms with Crippen LogP contribution in [0.1, 0.15) is 0 Å². The highest BCUT2D eigenvalue weighted by molar-refractivity contribution is 5.93. The average molecular weight is 404 g/mol. The third-order valence-corrected chi connectivity index (χ3v) is 4.69. The zero-order valence-corrected chi connectivity index (χ0v) is 16.5. The zero-order valence-electron chi connectivity index (χ0n) is 16.5. The molecule has 0 aliphatic rings. The number of para-hydroxylation sites is 1. The van der Waals surface area contributed by atoms with Crippen LogP contribution in [-0.4, -0.2) is 34.2 Å². The molecular formula is C22H20N4O4. The Morgan fingerprint density at radius 1 is 1.03 bits per heavy atom. The second-order valence-electron chi connectivity index (χ2n) is 6.50. The van der Waals surface area contributed by atoms with E-state index < -0.39 is 0 Å². The Hall–Kier alpha value is -4.07. The van der Waals surface area contributed by atoms with Gasteiger partial charge in [0.15, 0.2) is 5.65 Å². The Morgan fingerprint density at radius 2 is 1.83 bits per heavy atom. The number of aromatic nitrogens is 3. The lowest BCUT2D eigenvalue weighted by Gasteiger charge is -2.12. The van der Waals surface area contributed by atoms with E-state index in [0.29, 0.717) is 34.0 Å². The number of benzene rings is 2. The summed E-state index contributed by atoms with van der Waals surface area (Å²) < 4.78 is 13.4. The van der Waals surface area contributed by atoms with Crippen molar-refractivity contribution in [3.05, 3.63) is 77.3 Å². The molecular weight excluding hydrogens is 384 g/mol. The van der Waals surface area contributed by atoms with Crippen molar-refractivity contribution in [3.63, 3.8) is 0 Å². The van der Waals surface area contributed by atoms with Gasteiger partial charge in [0.1, 0.15) is 18.0 Å². The molecule has 0 atom stereocenters. The monoisotopic (exact) mass is 404 g/mol. The van der Waals surface area contributed by atoms with Crippen LogP contribution in [0.4, 0.5) is 5.69 Å². The van der Waals surface area contributed by atoms with Gasteiger partial charge >= 0.3 is 5.69 Å². The van der Waals surface area contributed by atoms with Gasteiger partial charge < -0.3 is 14.8 Å². The summed E-state index contributed by atoms with van der Waals surface area (Å²) >= 11 is 0. The van der Waals surface area contributed by atoms with E-state index in [4.69, 9.17) is 9.47 Å². The minimum Gasteiger partial charge on any atom is -0.497 e. The number of amides is 1. The lowest BCUT2D eigenvalue weighted by Crippen LogP contribution is -2.29. The smallest absolute Gasteiger partial charge is 0.335 e. The maximum atomic E-state index is 13.2. The van der Waals surface area contributed by atoms with E-state index in [2.05, 4.69) is 10.3 Å². The predicted molar refractivity (Wildman–Crippen MR) is 114 cm³/mol. The highest BCUT2D eigenvalue weighted by Crippen LogP contribution is 2.29. The number of pyridine rings is 1. The molecule has 2 heterocycles. The van der Waals surface area contributed by atoms with Crippen LogP contribution in [0.25, 0.3) is 16.9 Å². The number of fused-ring (bicyclic) bond motifs is 1. The van der Waals surface area contributed by atoms with Gasteiger partial charge in [0.2, 0.25) is 5.91 Å².